The van der Waals surface area contributed by atoms with Crippen LogP contribution in [0.25, 0.3) is 0 Å². The van der Waals surface area contributed by atoms with E-state index in [1.807, 2.05) is 11.7 Å². The molecular formula is C13H26N4. The maximum Gasteiger partial charge on any atom is 0.0641 e. The largest absolute Gasteiger partial charge is 0.327 e. The van der Waals surface area contributed by atoms with Gasteiger partial charge in [0.05, 0.1) is 5.69 Å². The van der Waals surface area contributed by atoms with Crippen LogP contribution < -0.4 is 5.73 Å². The summed E-state index contributed by atoms with van der Waals surface area (Å²) in [5.41, 5.74) is 9.76. The number of likely N-dealkylation sites (N-methyl/N-ethyl adjacent to an activating group) is 1. The molecule has 2 N–H and O–H groups in total. The van der Waals surface area contributed by atoms with Crippen molar-refractivity contribution in [1.82, 2.24) is 14.7 Å². The van der Waals surface area contributed by atoms with Gasteiger partial charge in [-0.25, -0.2) is 0 Å². The summed E-state index contributed by atoms with van der Waals surface area (Å²) in [4.78, 5) is 2.29. The Morgan fingerprint density at radius 1 is 1.41 bits per heavy atom. The van der Waals surface area contributed by atoms with Gasteiger partial charge >= 0.3 is 0 Å². The van der Waals surface area contributed by atoms with Gasteiger partial charge in [-0.1, -0.05) is 13.3 Å². The molecular weight excluding hydrogens is 212 g/mol. The molecule has 4 heteroatoms. The highest BCUT2D eigenvalue weighted by atomic mass is 15.3. The molecule has 98 valence electrons. The van der Waals surface area contributed by atoms with E-state index >= 15 is 0 Å². The van der Waals surface area contributed by atoms with Gasteiger partial charge in [-0.15, -0.1) is 0 Å². The predicted molar refractivity (Wildman–Crippen MR) is 71.9 cm³/mol. The van der Waals surface area contributed by atoms with Crippen molar-refractivity contribution in [3.05, 3.63) is 17.0 Å². The molecule has 1 heterocycles. The molecule has 0 aliphatic carbocycles. The molecule has 0 radical (unpaired) electrons. The number of hydrogen-bond acceptors (Lipinski definition) is 3. The fourth-order valence-electron chi connectivity index (χ4n) is 2.24. The third kappa shape index (κ3) is 3.82. The molecule has 1 aromatic heterocycles. The number of nitrogens with zero attached hydrogens (tertiary/aromatic N) is 3. The van der Waals surface area contributed by atoms with Crippen LogP contribution in [0.3, 0.4) is 0 Å². The monoisotopic (exact) mass is 238 g/mol. The van der Waals surface area contributed by atoms with E-state index in [-0.39, 0.29) is 6.04 Å². The standard InChI is InChI=1S/C13H26N4/c1-6-7-12(14)8-16(4)9-13-10(2)15-17(5)11(13)3/h12H,6-9,14H2,1-5H3/t12-/m0/s1. The van der Waals surface area contributed by atoms with Crippen molar-refractivity contribution in [2.45, 2.75) is 46.2 Å². The second kappa shape index (κ2) is 6.17. The number of hydrogen-bond donors (Lipinski definition) is 1. The van der Waals surface area contributed by atoms with Crippen molar-refractivity contribution in [2.75, 3.05) is 13.6 Å². The molecule has 1 atom stereocenters. The number of rotatable bonds is 6. The Bertz CT molecular complexity index is 357. The van der Waals surface area contributed by atoms with E-state index in [4.69, 9.17) is 5.73 Å². The first-order chi connectivity index (χ1) is 7.95. The first-order valence-corrected chi connectivity index (χ1v) is 6.38. The van der Waals surface area contributed by atoms with Crippen LogP contribution >= 0.6 is 0 Å². The highest BCUT2D eigenvalue weighted by molar-refractivity contribution is 5.24. The minimum atomic E-state index is 0.280. The Hall–Kier alpha value is -0.870. The summed E-state index contributed by atoms with van der Waals surface area (Å²) in [6, 6.07) is 0.280. The second-order valence-electron chi connectivity index (χ2n) is 5.02. The fraction of sp³-hybridized carbons (Fsp3) is 0.769. The lowest BCUT2D eigenvalue weighted by atomic mass is 10.1. The molecule has 0 aliphatic heterocycles. The van der Waals surface area contributed by atoms with Crippen LogP contribution in [0.15, 0.2) is 0 Å². The summed E-state index contributed by atoms with van der Waals surface area (Å²) in [5, 5.41) is 4.44. The lowest BCUT2D eigenvalue weighted by molar-refractivity contribution is 0.296. The Morgan fingerprint density at radius 3 is 2.53 bits per heavy atom. The third-order valence-corrected chi connectivity index (χ3v) is 3.29. The topological polar surface area (TPSA) is 47.1 Å². The lowest BCUT2D eigenvalue weighted by Crippen LogP contribution is -2.35. The second-order valence-corrected chi connectivity index (χ2v) is 5.02. The molecule has 0 aliphatic rings. The molecule has 4 nitrogen and oxygen atoms in total. The molecule has 0 unspecified atom stereocenters. The van der Waals surface area contributed by atoms with E-state index in [0.29, 0.717) is 0 Å². The Kier molecular flexibility index (Phi) is 5.15. The Labute approximate surface area is 105 Å². The zero-order valence-corrected chi connectivity index (χ0v) is 11.8. The van der Waals surface area contributed by atoms with Crippen LogP contribution in [0.1, 0.15) is 36.7 Å². The van der Waals surface area contributed by atoms with Crippen molar-refractivity contribution in [3.63, 3.8) is 0 Å². The van der Waals surface area contributed by atoms with Crippen LogP contribution in [-0.4, -0.2) is 34.3 Å². The molecule has 0 fully saturated rings. The van der Waals surface area contributed by atoms with E-state index < -0.39 is 0 Å². The van der Waals surface area contributed by atoms with Crippen molar-refractivity contribution < 1.29 is 0 Å². The van der Waals surface area contributed by atoms with E-state index in [1.165, 1.54) is 11.3 Å². The summed E-state index contributed by atoms with van der Waals surface area (Å²) in [6.07, 6.45) is 2.25. The van der Waals surface area contributed by atoms with Crippen molar-refractivity contribution in [2.24, 2.45) is 12.8 Å². The molecule has 0 amide bonds. The van der Waals surface area contributed by atoms with Crippen LogP contribution in [0, 0.1) is 13.8 Å². The van der Waals surface area contributed by atoms with Crippen LogP contribution in [0.2, 0.25) is 0 Å². The van der Waals surface area contributed by atoms with Gasteiger partial charge in [0, 0.05) is 37.4 Å². The summed E-state index contributed by atoms with van der Waals surface area (Å²) >= 11 is 0. The van der Waals surface area contributed by atoms with E-state index in [0.717, 1.165) is 31.6 Å². The van der Waals surface area contributed by atoms with E-state index in [2.05, 4.69) is 37.8 Å². The minimum absolute atomic E-state index is 0.280. The van der Waals surface area contributed by atoms with Gasteiger partial charge in [-0.2, -0.15) is 5.10 Å². The molecule has 1 aromatic rings. The predicted octanol–water partition coefficient (Wildman–Crippen LogP) is 1.60. The highest BCUT2D eigenvalue weighted by Gasteiger charge is 2.13. The zero-order chi connectivity index (χ0) is 13.0. The van der Waals surface area contributed by atoms with Gasteiger partial charge in [0.2, 0.25) is 0 Å². The average molecular weight is 238 g/mol. The van der Waals surface area contributed by atoms with Gasteiger partial charge in [0.1, 0.15) is 0 Å². The molecule has 17 heavy (non-hydrogen) atoms. The van der Waals surface area contributed by atoms with Gasteiger partial charge in [0.25, 0.3) is 0 Å². The van der Waals surface area contributed by atoms with Gasteiger partial charge in [-0.3, -0.25) is 4.68 Å². The fourth-order valence-corrected chi connectivity index (χ4v) is 2.24. The van der Waals surface area contributed by atoms with Gasteiger partial charge in [-0.05, 0) is 27.3 Å². The van der Waals surface area contributed by atoms with Crippen molar-refractivity contribution in [3.8, 4) is 0 Å². The first kappa shape index (κ1) is 14.2. The highest BCUT2D eigenvalue weighted by Crippen LogP contribution is 2.14. The molecule has 0 spiro atoms. The average Bonchev–Trinajstić information content (AvgIpc) is 2.45. The Morgan fingerprint density at radius 2 is 2.06 bits per heavy atom. The minimum Gasteiger partial charge on any atom is -0.327 e. The summed E-state index contributed by atoms with van der Waals surface area (Å²) in [7, 11) is 4.12. The summed E-state index contributed by atoms with van der Waals surface area (Å²) < 4.78 is 1.95. The van der Waals surface area contributed by atoms with E-state index in [1.54, 1.807) is 0 Å². The molecule has 0 saturated carbocycles. The number of aromatic nitrogens is 2. The Balaban J connectivity index is 2.58. The van der Waals surface area contributed by atoms with Gasteiger partial charge in [0.15, 0.2) is 0 Å². The van der Waals surface area contributed by atoms with Crippen molar-refractivity contribution >= 4 is 0 Å². The normalized spacial score (nSPS) is 13.4. The molecule has 1 rings (SSSR count). The first-order valence-electron chi connectivity index (χ1n) is 6.38. The van der Waals surface area contributed by atoms with Crippen LogP contribution in [0.4, 0.5) is 0 Å². The smallest absolute Gasteiger partial charge is 0.0641 e. The van der Waals surface area contributed by atoms with Gasteiger partial charge < -0.3 is 10.6 Å². The van der Waals surface area contributed by atoms with E-state index in [9.17, 15) is 0 Å². The van der Waals surface area contributed by atoms with Crippen LogP contribution in [0.5, 0.6) is 0 Å². The SMILES string of the molecule is CCC[C@H](N)CN(C)Cc1c(C)nn(C)c1C. The number of nitrogens with two attached hydrogens (primary N) is 1. The number of aryl methyl sites for hydroxylation is 2. The summed E-state index contributed by atoms with van der Waals surface area (Å²) in [6.45, 7) is 8.25. The molecule has 0 saturated heterocycles. The lowest BCUT2D eigenvalue weighted by Gasteiger charge is -2.21. The molecule has 0 bridgehead atoms. The summed E-state index contributed by atoms with van der Waals surface area (Å²) in [5.74, 6) is 0. The molecule has 0 aromatic carbocycles. The van der Waals surface area contributed by atoms with Crippen LogP contribution in [-0.2, 0) is 13.6 Å². The maximum atomic E-state index is 6.06. The third-order valence-electron chi connectivity index (χ3n) is 3.29. The van der Waals surface area contributed by atoms with Crippen molar-refractivity contribution in [1.29, 1.82) is 0 Å². The zero-order valence-electron chi connectivity index (χ0n) is 11.8. The maximum absolute atomic E-state index is 6.06. The quantitative estimate of drug-likeness (QED) is 0.819.